The molecule has 1 aromatic carbocycles. The van der Waals surface area contributed by atoms with E-state index in [1.165, 1.54) is 0 Å². The van der Waals surface area contributed by atoms with Crippen LogP contribution in [0.3, 0.4) is 0 Å². The minimum atomic E-state index is -0.625. The number of anilines is 2. The molecule has 0 saturated carbocycles. The van der Waals surface area contributed by atoms with Gasteiger partial charge < -0.3 is 19.3 Å². The van der Waals surface area contributed by atoms with Gasteiger partial charge in [-0.15, -0.1) is 0 Å². The van der Waals surface area contributed by atoms with Crippen LogP contribution in [0.4, 0.5) is 11.5 Å². The summed E-state index contributed by atoms with van der Waals surface area (Å²) in [7, 11) is 0. The van der Waals surface area contributed by atoms with E-state index in [4.69, 9.17) is 14.0 Å². The fourth-order valence-electron chi connectivity index (χ4n) is 2.35. The fourth-order valence-corrected chi connectivity index (χ4v) is 2.35. The minimum absolute atomic E-state index is 0.0955. The Kier molecular flexibility index (Phi) is 4.78. The number of hydrogen-bond donors (Lipinski definition) is 1. The number of aryl methyl sites for hydroxylation is 1. The van der Waals surface area contributed by atoms with E-state index in [1.807, 2.05) is 31.2 Å². The molecule has 0 aliphatic rings. The first-order chi connectivity index (χ1) is 12.1. The Labute approximate surface area is 144 Å². The zero-order valence-corrected chi connectivity index (χ0v) is 14.2. The number of fused-ring (bicyclic) bond motifs is 1. The number of benzene rings is 1. The number of para-hydroxylation sites is 2. The summed E-state index contributed by atoms with van der Waals surface area (Å²) in [5, 5.41) is 7.68. The Morgan fingerprint density at radius 2 is 2.00 bits per heavy atom. The topological polar surface area (TPSA) is 99.4 Å². The number of nitrogens with one attached hydrogen (secondary N) is 1. The van der Waals surface area contributed by atoms with Gasteiger partial charge in [-0.2, -0.15) is 4.98 Å². The van der Waals surface area contributed by atoms with Crippen molar-refractivity contribution in [3.63, 3.8) is 0 Å². The molecule has 25 heavy (non-hydrogen) atoms. The van der Waals surface area contributed by atoms with E-state index < -0.39 is 5.97 Å². The molecule has 0 radical (unpaired) electrons. The van der Waals surface area contributed by atoms with Crippen LogP contribution < -0.4 is 10.1 Å². The third-order valence-corrected chi connectivity index (χ3v) is 3.40. The second-order valence-corrected chi connectivity index (χ2v) is 5.12. The normalized spacial score (nSPS) is 10.7. The molecule has 0 aliphatic carbocycles. The van der Waals surface area contributed by atoms with E-state index in [-0.39, 0.29) is 18.1 Å². The second kappa shape index (κ2) is 7.16. The summed E-state index contributed by atoms with van der Waals surface area (Å²) in [6, 6.07) is 7.44. The van der Waals surface area contributed by atoms with Gasteiger partial charge >= 0.3 is 5.97 Å². The van der Waals surface area contributed by atoms with Gasteiger partial charge in [0.25, 0.3) is 5.71 Å². The van der Waals surface area contributed by atoms with Crippen molar-refractivity contribution in [2.45, 2.75) is 20.8 Å². The molecule has 0 saturated heterocycles. The average molecular weight is 342 g/mol. The first kappa shape index (κ1) is 16.7. The van der Waals surface area contributed by atoms with Crippen molar-refractivity contribution in [1.82, 2.24) is 15.1 Å². The number of rotatable bonds is 6. The molecule has 0 spiro atoms. The number of carbonyl (C=O) groups excluding carboxylic acids is 1. The van der Waals surface area contributed by atoms with Gasteiger partial charge in [0, 0.05) is 0 Å². The van der Waals surface area contributed by atoms with Crippen LogP contribution in [0.1, 0.15) is 30.2 Å². The average Bonchev–Trinajstić information content (AvgIpc) is 2.98. The standard InChI is InChI=1S/C17H18N4O4/c1-4-23-12-9-7-6-8-11(12)18-14-13-10(3)21-25-16(13)20-15(19-14)17(22)24-5-2/h6-9H,4-5H2,1-3H3,(H,18,19,20). The summed E-state index contributed by atoms with van der Waals surface area (Å²) in [5.41, 5.74) is 1.54. The third-order valence-electron chi connectivity index (χ3n) is 3.40. The number of esters is 1. The molecule has 0 bridgehead atoms. The Bertz CT molecular complexity index is 907. The number of hydrogen-bond acceptors (Lipinski definition) is 8. The molecule has 0 aliphatic heterocycles. The lowest BCUT2D eigenvalue weighted by Crippen LogP contribution is -2.11. The maximum Gasteiger partial charge on any atom is 0.376 e. The first-order valence-electron chi connectivity index (χ1n) is 7.94. The van der Waals surface area contributed by atoms with Crippen LogP contribution in [0.15, 0.2) is 28.8 Å². The smallest absolute Gasteiger partial charge is 0.376 e. The van der Waals surface area contributed by atoms with Crippen molar-refractivity contribution in [2.75, 3.05) is 18.5 Å². The van der Waals surface area contributed by atoms with Gasteiger partial charge in [0.05, 0.1) is 24.6 Å². The molecular formula is C17H18N4O4. The van der Waals surface area contributed by atoms with Crippen LogP contribution in [-0.4, -0.2) is 34.3 Å². The monoisotopic (exact) mass is 342 g/mol. The second-order valence-electron chi connectivity index (χ2n) is 5.12. The summed E-state index contributed by atoms with van der Waals surface area (Å²) in [6.07, 6.45) is 0. The largest absolute Gasteiger partial charge is 0.492 e. The van der Waals surface area contributed by atoms with Gasteiger partial charge in [-0.05, 0) is 32.9 Å². The minimum Gasteiger partial charge on any atom is -0.492 e. The molecule has 130 valence electrons. The molecule has 2 aromatic heterocycles. The van der Waals surface area contributed by atoms with Crippen LogP contribution in [0, 0.1) is 6.92 Å². The highest BCUT2D eigenvalue weighted by Gasteiger charge is 2.20. The Morgan fingerprint density at radius 1 is 1.20 bits per heavy atom. The quantitative estimate of drug-likeness (QED) is 0.682. The van der Waals surface area contributed by atoms with E-state index >= 15 is 0 Å². The van der Waals surface area contributed by atoms with Crippen molar-refractivity contribution < 1.29 is 18.8 Å². The first-order valence-corrected chi connectivity index (χ1v) is 7.94. The molecule has 0 fully saturated rings. The van der Waals surface area contributed by atoms with Crippen molar-refractivity contribution in [3.8, 4) is 5.75 Å². The van der Waals surface area contributed by atoms with Crippen molar-refractivity contribution >= 4 is 28.6 Å². The summed E-state index contributed by atoms with van der Waals surface area (Å²) < 4.78 is 15.8. The number of carbonyl (C=O) groups is 1. The van der Waals surface area contributed by atoms with E-state index in [2.05, 4.69) is 20.4 Å². The molecule has 3 aromatic rings. The van der Waals surface area contributed by atoms with Crippen LogP contribution in [0.5, 0.6) is 5.75 Å². The van der Waals surface area contributed by atoms with E-state index in [0.717, 1.165) is 0 Å². The summed E-state index contributed by atoms with van der Waals surface area (Å²) >= 11 is 0. The van der Waals surface area contributed by atoms with Gasteiger partial charge in [-0.25, -0.2) is 9.78 Å². The Hall–Kier alpha value is -3.16. The van der Waals surface area contributed by atoms with Crippen LogP contribution in [-0.2, 0) is 4.74 Å². The lowest BCUT2D eigenvalue weighted by Gasteiger charge is -2.12. The molecule has 8 nitrogen and oxygen atoms in total. The van der Waals surface area contributed by atoms with Crippen molar-refractivity contribution in [3.05, 3.63) is 35.8 Å². The van der Waals surface area contributed by atoms with Crippen molar-refractivity contribution in [2.24, 2.45) is 0 Å². The number of aromatic nitrogens is 3. The molecule has 0 atom stereocenters. The molecule has 0 amide bonds. The molecule has 3 rings (SSSR count). The SMILES string of the molecule is CCOC(=O)c1nc(Nc2ccccc2OCC)c2c(C)noc2n1. The lowest BCUT2D eigenvalue weighted by molar-refractivity contribution is 0.0512. The molecule has 0 unspecified atom stereocenters. The molecule has 1 N–H and O–H groups in total. The highest BCUT2D eigenvalue weighted by molar-refractivity contribution is 5.94. The zero-order chi connectivity index (χ0) is 17.8. The van der Waals surface area contributed by atoms with Gasteiger partial charge in [-0.1, -0.05) is 17.3 Å². The van der Waals surface area contributed by atoms with Gasteiger partial charge in [0.15, 0.2) is 0 Å². The highest BCUT2D eigenvalue weighted by atomic mass is 16.5. The van der Waals surface area contributed by atoms with Gasteiger partial charge in [0.2, 0.25) is 5.82 Å². The van der Waals surface area contributed by atoms with Crippen molar-refractivity contribution in [1.29, 1.82) is 0 Å². The zero-order valence-electron chi connectivity index (χ0n) is 14.2. The van der Waals surface area contributed by atoms with E-state index in [0.29, 0.717) is 34.9 Å². The van der Waals surface area contributed by atoms with Gasteiger partial charge in [0.1, 0.15) is 17.0 Å². The predicted octanol–water partition coefficient (Wildman–Crippen LogP) is 3.25. The Morgan fingerprint density at radius 3 is 2.76 bits per heavy atom. The summed E-state index contributed by atoms with van der Waals surface area (Å²) in [4.78, 5) is 20.4. The predicted molar refractivity (Wildman–Crippen MR) is 91.2 cm³/mol. The summed E-state index contributed by atoms with van der Waals surface area (Å²) in [6.45, 7) is 6.15. The maximum absolute atomic E-state index is 12.0. The lowest BCUT2D eigenvalue weighted by atomic mass is 10.2. The maximum atomic E-state index is 12.0. The molecule has 2 heterocycles. The van der Waals surface area contributed by atoms with Gasteiger partial charge in [-0.3, -0.25) is 0 Å². The van der Waals surface area contributed by atoms with Crippen LogP contribution in [0.25, 0.3) is 11.1 Å². The van der Waals surface area contributed by atoms with E-state index in [1.54, 1.807) is 13.8 Å². The molecular weight excluding hydrogens is 324 g/mol. The van der Waals surface area contributed by atoms with E-state index in [9.17, 15) is 4.79 Å². The van der Waals surface area contributed by atoms with Crippen LogP contribution in [0.2, 0.25) is 0 Å². The van der Waals surface area contributed by atoms with Crippen LogP contribution >= 0.6 is 0 Å². The molecule has 8 heteroatoms. The number of nitrogens with zero attached hydrogens (tertiary/aromatic N) is 3. The third kappa shape index (κ3) is 3.37. The fraction of sp³-hybridized carbons (Fsp3) is 0.294. The summed E-state index contributed by atoms with van der Waals surface area (Å²) in [5.74, 6) is 0.351. The number of ether oxygens (including phenoxy) is 2. The Balaban J connectivity index is 2.08. The highest BCUT2D eigenvalue weighted by Crippen LogP contribution is 2.31.